The Morgan fingerprint density at radius 3 is 2.61 bits per heavy atom. The molecule has 0 aliphatic rings. The Kier molecular flexibility index (Phi) is 5.88. The molecule has 152 valence electrons. The first-order chi connectivity index (χ1) is 15.0. The standard InChI is InChI=1S/C26H20ClN3O/c1-18-5-4-6-23(13-18)29-26(31)20(15-28)14-21-17-30(25-8-3-2-7-24(21)25)16-19-9-11-22(27)12-10-19/h2-14,17H,16H2,1H3,(H,29,31)/b20-14+. The van der Waals surface area contributed by atoms with E-state index in [9.17, 15) is 10.1 Å². The average Bonchev–Trinajstić information content (AvgIpc) is 3.11. The summed E-state index contributed by atoms with van der Waals surface area (Å²) in [6.45, 7) is 2.61. The predicted molar refractivity (Wildman–Crippen MR) is 126 cm³/mol. The highest BCUT2D eigenvalue weighted by Gasteiger charge is 2.13. The summed E-state index contributed by atoms with van der Waals surface area (Å²) in [6.07, 6.45) is 3.61. The number of nitriles is 1. The molecule has 31 heavy (non-hydrogen) atoms. The second kappa shape index (κ2) is 8.91. The number of carbonyl (C=O) groups is 1. The van der Waals surface area contributed by atoms with Gasteiger partial charge >= 0.3 is 0 Å². The van der Waals surface area contributed by atoms with Gasteiger partial charge in [0.05, 0.1) is 0 Å². The molecule has 0 atom stereocenters. The van der Waals surface area contributed by atoms with Crippen molar-refractivity contribution in [2.45, 2.75) is 13.5 Å². The molecular formula is C26H20ClN3O. The first-order valence-corrected chi connectivity index (χ1v) is 10.2. The fourth-order valence-electron chi connectivity index (χ4n) is 3.53. The van der Waals surface area contributed by atoms with Crippen LogP contribution >= 0.6 is 11.6 Å². The summed E-state index contributed by atoms with van der Waals surface area (Å²) >= 11 is 6.00. The minimum absolute atomic E-state index is 0.0518. The van der Waals surface area contributed by atoms with Crippen molar-refractivity contribution in [2.24, 2.45) is 0 Å². The van der Waals surface area contributed by atoms with E-state index < -0.39 is 5.91 Å². The Morgan fingerprint density at radius 1 is 1.10 bits per heavy atom. The Balaban J connectivity index is 1.67. The summed E-state index contributed by atoms with van der Waals surface area (Å²) in [5.74, 6) is -0.428. The van der Waals surface area contributed by atoms with Crippen LogP contribution in [0.5, 0.6) is 0 Å². The number of amides is 1. The molecule has 0 saturated carbocycles. The van der Waals surface area contributed by atoms with E-state index in [-0.39, 0.29) is 5.57 Å². The van der Waals surface area contributed by atoms with Gasteiger partial charge in [0.2, 0.25) is 0 Å². The highest BCUT2D eigenvalue weighted by Crippen LogP contribution is 2.25. The molecule has 1 aromatic heterocycles. The van der Waals surface area contributed by atoms with Crippen molar-refractivity contribution in [1.82, 2.24) is 4.57 Å². The highest BCUT2D eigenvalue weighted by atomic mass is 35.5. The van der Waals surface area contributed by atoms with Crippen LogP contribution in [0.25, 0.3) is 17.0 Å². The third kappa shape index (κ3) is 4.69. The maximum absolute atomic E-state index is 12.7. The van der Waals surface area contributed by atoms with E-state index >= 15 is 0 Å². The Labute approximate surface area is 186 Å². The second-order valence-electron chi connectivity index (χ2n) is 7.35. The van der Waals surface area contributed by atoms with Gasteiger partial charge in [0.25, 0.3) is 5.91 Å². The molecule has 1 N–H and O–H groups in total. The predicted octanol–water partition coefficient (Wildman–Crippen LogP) is 6.20. The van der Waals surface area contributed by atoms with Crippen LogP contribution in [0.3, 0.4) is 0 Å². The van der Waals surface area contributed by atoms with E-state index in [1.54, 1.807) is 12.1 Å². The normalized spacial score (nSPS) is 11.3. The lowest BCUT2D eigenvalue weighted by Crippen LogP contribution is -2.13. The van der Waals surface area contributed by atoms with Crippen molar-refractivity contribution in [3.63, 3.8) is 0 Å². The molecule has 0 unspecified atom stereocenters. The smallest absolute Gasteiger partial charge is 0.266 e. The quantitative estimate of drug-likeness (QED) is 0.306. The van der Waals surface area contributed by atoms with Crippen LogP contribution in [0.4, 0.5) is 5.69 Å². The number of nitrogens with one attached hydrogen (secondary N) is 1. The van der Waals surface area contributed by atoms with Crippen molar-refractivity contribution in [3.05, 3.63) is 106 Å². The zero-order valence-electron chi connectivity index (χ0n) is 17.0. The number of aromatic nitrogens is 1. The minimum atomic E-state index is -0.428. The first kappa shape index (κ1) is 20.5. The zero-order valence-corrected chi connectivity index (χ0v) is 17.7. The average molecular weight is 426 g/mol. The van der Waals surface area contributed by atoms with E-state index in [0.717, 1.165) is 27.6 Å². The number of hydrogen-bond donors (Lipinski definition) is 1. The lowest BCUT2D eigenvalue weighted by Gasteiger charge is -2.05. The number of benzene rings is 3. The van der Waals surface area contributed by atoms with Crippen LogP contribution in [0, 0.1) is 18.3 Å². The molecule has 3 aromatic carbocycles. The monoisotopic (exact) mass is 425 g/mol. The second-order valence-corrected chi connectivity index (χ2v) is 7.79. The van der Waals surface area contributed by atoms with Gasteiger partial charge in [0.15, 0.2) is 0 Å². The molecular weight excluding hydrogens is 406 g/mol. The SMILES string of the molecule is Cc1cccc(NC(=O)/C(C#N)=C/c2cn(Cc3ccc(Cl)cc3)c3ccccc23)c1. The molecule has 1 heterocycles. The molecule has 0 radical (unpaired) electrons. The van der Waals surface area contributed by atoms with Crippen LogP contribution in [0.15, 0.2) is 84.6 Å². The molecule has 4 rings (SSSR count). The van der Waals surface area contributed by atoms with Gasteiger partial charge in [-0.15, -0.1) is 0 Å². The highest BCUT2D eigenvalue weighted by molar-refractivity contribution is 6.30. The molecule has 0 fully saturated rings. The van der Waals surface area contributed by atoms with Crippen molar-refractivity contribution >= 4 is 40.2 Å². The topological polar surface area (TPSA) is 57.8 Å². The fraction of sp³-hybridized carbons (Fsp3) is 0.0769. The van der Waals surface area contributed by atoms with Crippen LogP contribution in [-0.4, -0.2) is 10.5 Å². The minimum Gasteiger partial charge on any atom is -0.342 e. The summed E-state index contributed by atoms with van der Waals surface area (Å²) in [4.78, 5) is 12.7. The maximum atomic E-state index is 12.7. The third-order valence-electron chi connectivity index (χ3n) is 5.03. The Bertz CT molecular complexity index is 1330. The van der Waals surface area contributed by atoms with E-state index in [1.807, 2.05) is 85.9 Å². The van der Waals surface area contributed by atoms with Crippen LogP contribution in [-0.2, 0) is 11.3 Å². The van der Waals surface area contributed by atoms with Gasteiger partial charge < -0.3 is 9.88 Å². The lowest BCUT2D eigenvalue weighted by atomic mass is 10.1. The molecule has 1 amide bonds. The zero-order chi connectivity index (χ0) is 21.8. The summed E-state index contributed by atoms with van der Waals surface area (Å²) < 4.78 is 2.11. The number of rotatable bonds is 5. The van der Waals surface area contributed by atoms with Gasteiger partial charge in [-0.2, -0.15) is 5.26 Å². The maximum Gasteiger partial charge on any atom is 0.266 e. The lowest BCUT2D eigenvalue weighted by molar-refractivity contribution is -0.112. The number of para-hydroxylation sites is 1. The number of anilines is 1. The van der Waals surface area contributed by atoms with Crippen LogP contribution in [0.1, 0.15) is 16.7 Å². The molecule has 0 aliphatic carbocycles. The summed E-state index contributed by atoms with van der Waals surface area (Å²) in [5.41, 5.74) is 4.71. The van der Waals surface area contributed by atoms with Gasteiger partial charge in [-0.25, -0.2) is 0 Å². The van der Waals surface area contributed by atoms with E-state index in [0.29, 0.717) is 17.3 Å². The number of nitrogens with zero attached hydrogens (tertiary/aromatic N) is 2. The molecule has 5 heteroatoms. The Morgan fingerprint density at radius 2 is 1.87 bits per heavy atom. The van der Waals surface area contributed by atoms with E-state index in [2.05, 4.69) is 9.88 Å². The first-order valence-electron chi connectivity index (χ1n) is 9.85. The van der Waals surface area contributed by atoms with Crippen LogP contribution in [0.2, 0.25) is 5.02 Å². The molecule has 0 spiro atoms. The van der Waals surface area contributed by atoms with Gasteiger partial charge in [-0.3, -0.25) is 4.79 Å². The van der Waals surface area contributed by atoms with Crippen molar-refractivity contribution in [2.75, 3.05) is 5.32 Å². The molecule has 4 aromatic rings. The number of hydrogen-bond acceptors (Lipinski definition) is 2. The molecule has 0 bridgehead atoms. The Hall–Kier alpha value is -3.81. The van der Waals surface area contributed by atoms with Gasteiger partial charge in [-0.1, -0.05) is 54.1 Å². The number of aryl methyl sites for hydroxylation is 1. The van der Waals surface area contributed by atoms with Gasteiger partial charge in [0, 0.05) is 39.9 Å². The summed E-state index contributed by atoms with van der Waals surface area (Å²) in [6, 6.07) is 25.2. The van der Waals surface area contributed by atoms with Crippen molar-refractivity contribution < 1.29 is 4.79 Å². The number of fused-ring (bicyclic) bond motifs is 1. The van der Waals surface area contributed by atoms with Crippen molar-refractivity contribution in [1.29, 1.82) is 5.26 Å². The summed E-state index contributed by atoms with van der Waals surface area (Å²) in [5, 5.41) is 14.1. The van der Waals surface area contributed by atoms with Gasteiger partial charge in [-0.05, 0) is 54.5 Å². The molecule has 0 saturated heterocycles. The molecule has 4 nitrogen and oxygen atoms in total. The summed E-state index contributed by atoms with van der Waals surface area (Å²) in [7, 11) is 0. The molecule has 0 aliphatic heterocycles. The third-order valence-corrected chi connectivity index (χ3v) is 5.28. The van der Waals surface area contributed by atoms with E-state index in [4.69, 9.17) is 11.6 Å². The fourth-order valence-corrected chi connectivity index (χ4v) is 3.66. The van der Waals surface area contributed by atoms with Gasteiger partial charge in [0.1, 0.15) is 11.6 Å². The number of carbonyl (C=O) groups excluding carboxylic acids is 1. The number of halogens is 1. The van der Waals surface area contributed by atoms with Crippen LogP contribution < -0.4 is 5.32 Å². The van der Waals surface area contributed by atoms with Crippen molar-refractivity contribution in [3.8, 4) is 6.07 Å². The largest absolute Gasteiger partial charge is 0.342 e. The van der Waals surface area contributed by atoms with E-state index in [1.165, 1.54) is 0 Å².